The maximum absolute atomic E-state index is 13.2. The minimum absolute atomic E-state index is 0.0823. The van der Waals surface area contributed by atoms with E-state index in [-0.39, 0.29) is 38.5 Å². The molecule has 41 heavy (non-hydrogen) atoms. The highest BCUT2D eigenvalue weighted by molar-refractivity contribution is 6.13. The quantitative estimate of drug-likeness (QED) is 0.110. The van der Waals surface area contributed by atoms with Crippen molar-refractivity contribution in [1.29, 1.82) is 0 Å². The molecule has 0 saturated heterocycles. The minimum Gasteiger partial charge on any atom is -0.461 e. The summed E-state index contributed by atoms with van der Waals surface area (Å²) in [4.78, 5) is 85.2. The largest absolute Gasteiger partial charge is 0.461 e. The average molecular weight is 573 g/mol. The van der Waals surface area contributed by atoms with Crippen LogP contribution in [0.15, 0.2) is 36.4 Å². The van der Waals surface area contributed by atoms with Crippen LogP contribution in [0.2, 0.25) is 0 Å². The number of urea groups is 1. The Morgan fingerprint density at radius 1 is 0.951 bits per heavy atom. The lowest BCUT2D eigenvalue weighted by atomic mass is 10.0. The van der Waals surface area contributed by atoms with Gasteiger partial charge in [-0.25, -0.2) is 4.79 Å². The van der Waals surface area contributed by atoms with Crippen LogP contribution < -0.4 is 27.0 Å². The van der Waals surface area contributed by atoms with Crippen molar-refractivity contribution in [2.45, 2.75) is 58.7 Å². The van der Waals surface area contributed by atoms with Crippen LogP contribution in [0.25, 0.3) is 0 Å². The average Bonchev–Trinajstić information content (AvgIpc) is 3.23. The van der Waals surface area contributed by atoms with Crippen molar-refractivity contribution >= 4 is 47.2 Å². The molecule has 0 aromatic heterocycles. The number of esters is 1. The van der Waals surface area contributed by atoms with Crippen molar-refractivity contribution < 1.29 is 38.3 Å². The molecule has 6 N–H and O–H groups in total. The van der Waals surface area contributed by atoms with Crippen LogP contribution in [0.1, 0.15) is 45.6 Å². The maximum atomic E-state index is 13.2. The Bertz CT molecular complexity index is 1160. The maximum Gasteiger partial charge on any atom is 0.312 e. The molecule has 0 unspecified atom stereocenters. The standard InChI is InChI=1S/C27H36N6O8/c1-16(2)24(32-21(35)12-14-33-22(36)10-11-23(33)37)26(39)31-20(5-4-13-29-27(28)40)25(38)30-19-8-6-18(7-9-19)15-41-17(3)34/h6-11,16,20,24H,4-5,12-15H2,1-3H3,(H,30,38)(H,31,39)(H,32,35)(H3,28,29,40)/t20-,24-/m0/s1. The van der Waals surface area contributed by atoms with E-state index in [9.17, 15) is 33.6 Å². The van der Waals surface area contributed by atoms with Gasteiger partial charge in [0.25, 0.3) is 11.8 Å². The van der Waals surface area contributed by atoms with Gasteiger partial charge in [-0.15, -0.1) is 0 Å². The third-order valence-corrected chi connectivity index (χ3v) is 5.99. The first-order valence-corrected chi connectivity index (χ1v) is 13.1. The highest BCUT2D eigenvalue weighted by Crippen LogP contribution is 2.13. The zero-order chi connectivity index (χ0) is 30.5. The summed E-state index contributed by atoms with van der Waals surface area (Å²) in [5.74, 6) is -3.50. The third-order valence-electron chi connectivity index (χ3n) is 5.99. The lowest BCUT2D eigenvalue weighted by Crippen LogP contribution is -2.54. The number of amides is 7. The molecule has 1 heterocycles. The van der Waals surface area contributed by atoms with E-state index in [2.05, 4.69) is 21.3 Å². The molecule has 0 bridgehead atoms. The fraction of sp³-hybridized carbons (Fsp3) is 0.444. The van der Waals surface area contributed by atoms with E-state index in [1.165, 1.54) is 6.92 Å². The molecule has 0 radical (unpaired) electrons. The van der Waals surface area contributed by atoms with E-state index in [1.54, 1.807) is 38.1 Å². The summed E-state index contributed by atoms with van der Waals surface area (Å²) in [5.41, 5.74) is 6.24. The van der Waals surface area contributed by atoms with Gasteiger partial charge in [0.1, 0.15) is 18.7 Å². The highest BCUT2D eigenvalue weighted by atomic mass is 16.5. The molecular weight excluding hydrogens is 536 g/mol. The summed E-state index contributed by atoms with van der Waals surface area (Å²) >= 11 is 0. The number of hydrogen-bond acceptors (Lipinski definition) is 8. The molecule has 0 fully saturated rings. The van der Waals surface area contributed by atoms with Gasteiger partial charge < -0.3 is 31.7 Å². The van der Waals surface area contributed by atoms with Gasteiger partial charge in [0.15, 0.2) is 0 Å². The number of carbonyl (C=O) groups is 7. The zero-order valence-corrected chi connectivity index (χ0v) is 23.2. The van der Waals surface area contributed by atoms with Crippen LogP contribution in [0.5, 0.6) is 0 Å². The second-order valence-corrected chi connectivity index (χ2v) is 9.66. The van der Waals surface area contributed by atoms with Crippen molar-refractivity contribution in [3.05, 3.63) is 42.0 Å². The molecule has 2 rings (SSSR count). The predicted octanol–water partition coefficient (Wildman–Crippen LogP) is 0.0774. The summed E-state index contributed by atoms with van der Waals surface area (Å²) < 4.78 is 4.94. The topological polar surface area (TPSA) is 206 Å². The molecule has 1 aromatic carbocycles. The van der Waals surface area contributed by atoms with Gasteiger partial charge in [-0.2, -0.15) is 0 Å². The summed E-state index contributed by atoms with van der Waals surface area (Å²) in [6, 6.07) is 3.82. The van der Waals surface area contributed by atoms with E-state index in [0.717, 1.165) is 17.1 Å². The van der Waals surface area contributed by atoms with E-state index in [4.69, 9.17) is 10.5 Å². The Labute approximate surface area is 237 Å². The number of hydrogen-bond donors (Lipinski definition) is 5. The van der Waals surface area contributed by atoms with E-state index in [1.807, 2.05) is 0 Å². The molecule has 0 saturated carbocycles. The van der Waals surface area contributed by atoms with Crippen molar-refractivity contribution in [3.63, 3.8) is 0 Å². The Hall–Kier alpha value is -4.75. The number of ether oxygens (including phenoxy) is 1. The minimum atomic E-state index is -1.03. The van der Waals surface area contributed by atoms with Gasteiger partial charge in [-0.3, -0.25) is 33.7 Å². The highest BCUT2D eigenvalue weighted by Gasteiger charge is 2.30. The van der Waals surface area contributed by atoms with Gasteiger partial charge in [0, 0.05) is 44.3 Å². The van der Waals surface area contributed by atoms with Crippen LogP contribution in [-0.4, -0.2) is 71.6 Å². The Morgan fingerprint density at radius 3 is 2.15 bits per heavy atom. The van der Waals surface area contributed by atoms with Crippen LogP contribution in [0.4, 0.5) is 10.5 Å². The molecule has 0 aliphatic carbocycles. The van der Waals surface area contributed by atoms with Gasteiger partial charge in [-0.1, -0.05) is 26.0 Å². The van der Waals surface area contributed by atoms with E-state index in [0.29, 0.717) is 17.7 Å². The molecule has 2 atom stereocenters. The second kappa shape index (κ2) is 15.7. The molecule has 222 valence electrons. The van der Waals surface area contributed by atoms with Crippen molar-refractivity contribution in [3.8, 4) is 0 Å². The molecule has 1 aromatic rings. The normalized spacial score (nSPS) is 13.9. The lowest BCUT2D eigenvalue weighted by molar-refractivity contribution is -0.142. The zero-order valence-electron chi connectivity index (χ0n) is 23.2. The monoisotopic (exact) mass is 572 g/mol. The first-order valence-electron chi connectivity index (χ1n) is 13.1. The molecule has 0 spiro atoms. The number of primary amides is 1. The van der Waals surface area contributed by atoms with Gasteiger partial charge in [-0.05, 0) is 36.5 Å². The van der Waals surface area contributed by atoms with Gasteiger partial charge in [0.05, 0.1) is 0 Å². The summed E-state index contributed by atoms with van der Waals surface area (Å²) in [6.07, 6.45) is 2.49. The summed E-state index contributed by atoms with van der Waals surface area (Å²) in [7, 11) is 0. The molecular formula is C27H36N6O8. The van der Waals surface area contributed by atoms with E-state index >= 15 is 0 Å². The fourth-order valence-corrected chi connectivity index (χ4v) is 3.79. The van der Waals surface area contributed by atoms with Crippen LogP contribution >= 0.6 is 0 Å². The fourth-order valence-electron chi connectivity index (χ4n) is 3.79. The SMILES string of the molecule is CC(=O)OCc1ccc(NC(=O)[C@H](CCCNC(N)=O)NC(=O)[C@@H](NC(=O)CCN2C(=O)C=CC2=O)C(C)C)cc1. The number of nitrogens with two attached hydrogens (primary N) is 1. The number of nitrogens with one attached hydrogen (secondary N) is 4. The van der Waals surface area contributed by atoms with Crippen LogP contribution in [0.3, 0.4) is 0 Å². The number of rotatable bonds is 15. The Morgan fingerprint density at radius 2 is 1.59 bits per heavy atom. The summed E-state index contributed by atoms with van der Waals surface area (Å²) in [6.45, 7) is 4.84. The van der Waals surface area contributed by atoms with Gasteiger partial charge >= 0.3 is 12.0 Å². The molecule has 7 amide bonds. The first kappa shape index (κ1) is 32.5. The van der Waals surface area contributed by atoms with Crippen molar-refractivity contribution in [2.75, 3.05) is 18.4 Å². The number of imide groups is 1. The molecule has 1 aliphatic rings. The van der Waals surface area contributed by atoms with Crippen molar-refractivity contribution in [1.82, 2.24) is 20.9 Å². The predicted molar refractivity (Wildman–Crippen MR) is 147 cm³/mol. The van der Waals surface area contributed by atoms with Crippen LogP contribution in [0, 0.1) is 5.92 Å². The van der Waals surface area contributed by atoms with Crippen molar-refractivity contribution in [2.24, 2.45) is 11.7 Å². The Balaban J connectivity index is 2.04. The van der Waals surface area contributed by atoms with Crippen LogP contribution in [-0.2, 0) is 40.1 Å². The first-order chi connectivity index (χ1) is 19.4. The molecule has 1 aliphatic heterocycles. The third kappa shape index (κ3) is 11.1. The number of nitrogens with zero attached hydrogens (tertiary/aromatic N) is 1. The molecule has 14 heteroatoms. The number of carbonyl (C=O) groups excluding carboxylic acids is 7. The smallest absolute Gasteiger partial charge is 0.312 e. The lowest BCUT2D eigenvalue weighted by Gasteiger charge is -2.25. The van der Waals surface area contributed by atoms with Gasteiger partial charge in [0.2, 0.25) is 17.7 Å². The summed E-state index contributed by atoms with van der Waals surface area (Å²) in [5, 5.41) is 10.4. The van der Waals surface area contributed by atoms with E-state index < -0.39 is 53.6 Å². The number of benzene rings is 1. The Kier molecular flexibility index (Phi) is 12.5. The second-order valence-electron chi connectivity index (χ2n) is 9.66. The molecule has 14 nitrogen and oxygen atoms in total. The number of anilines is 1.